The molecule has 0 spiro atoms. The third-order valence-corrected chi connectivity index (χ3v) is 4.72. The highest BCUT2D eigenvalue weighted by atomic mass is 16.5. The molecule has 0 radical (unpaired) electrons. The molecule has 0 bridgehead atoms. The Labute approximate surface area is 167 Å². The van der Waals surface area contributed by atoms with Crippen molar-refractivity contribution >= 4 is 17.6 Å². The summed E-state index contributed by atoms with van der Waals surface area (Å²) >= 11 is 0. The Morgan fingerprint density at radius 3 is 2.38 bits per heavy atom. The van der Waals surface area contributed by atoms with E-state index in [1.807, 2.05) is 18.2 Å². The number of ether oxygens (including phenoxy) is 1. The largest absolute Gasteiger partial charge is 0.466 e. The van der Waals surface area contributed by atoms with Gasteiger partial charge in [-0.05, 0) is 45.9 Å². The third kappa shape index (κ3) is 3.87. The van der Waals surface area contributed by atoms with E-state index in [9.17, 15) is 14.4 Å². The number of hydrogen-bond acceptors (Lipinski definition) is 5. The quantitative estimate of drug-likeness (QED) is 0.668. The zero-order valence-corrected chi connectivity index (χ0v) is 17.0. The number of carbonyl (C=O) groups excluding carboxylic acids is 2. The summed E-state index contributed by atoms with van der Waals surface area (Å²) in [5.74, 6) is -0.256. The lowest BCUT2D eigenvalue weighted by Gasteiger charge is -2.12. The van der Waals surface area contributed by atoms with Gasteiger partial charge in [0.1, 0.15) is 22.8 Å². The first kappa shape index (κ1) is 20.2. The molecular formula is C21H23N3O5. The predicted molar refractivity (Wildman–Crippen MR) is 107 cm³/mol. The number of nitrogens with zero attached hydrogens (tertiary/aromatic N) is 2. The molecule has 0 aliphatic heterocycles. The summed E-state index contributed by atoms with van der Waals surface area (Å²) in [6, 6.07) is 10.7. The Morgan fingerprint density at radius 1 is 1.14 bits per heavy atom. The van der Waals surface area contributed by atoms with Gasteiger partial charge in [0, 0.05) is 7.05 Å². The topological polar surface area (TPSA) is 95.5 Å². The van der Waals surface area contributed by atoms with Crippen LogP contribution in [0.25, 0.3) is 5.69 Å². The molecule has 3 rings (SSSR count). The lowest BCUT2D eigenvalue weighted by atomic mass is 10.2. The van der Waals surface area contributed by atoms with Crippen LogP contribution in [0.2, 0.25) is 0 Å². The Hall–Kier alpha value is -3.55. The third-order valence-electron chi connectivity index (χ3n) is 4.72. The van der Waals surface area contributed by atoms with Crippen molar-refractivity contribution in [3.63, 3.8) is 0 Å². The second kappa shape index (κ2) is 7.83. The number of hydrogen-bond donors (Lipinski definition) is 1. The number of amides is 1. The second-order valence-corrected chi connectivity index (χ2v) is 6.80. The minimum Gasteiger partial charge on any atom is -0.466 e. The maximum atomic E-state index is 12.9. The second-order valence-electron chi connectivity index (χ2n) is 6.80. The number of aromatic nitrogens is 2. The van der Waals surface area contributed by atoms with Crippen LogP contribution in [-0.2, 0) is 16.6 Å². The van der Waals surface area contributed by atoms with Crippen LogP contribution in [0.3, 0.4) is 0 Å². The fourth-order valence-electron chi connectivity index (χ4n) is 3.05. The summed E-state index contributed by atoms with van der Waals surface area (Å²) in [4.78, 5) is 37.7. The molecule has 0 fully saturated rings. The van der Waals surface area contributed by atoms with Gasteiger partial charge in [-0.15, -0.1) is 0 Å². The Bertz CT molecular complexity index is 1120. The molecule has 1 atom stereocenters. The molecule has 2 heterocycles. The Morgan fingerprint density at radius 2 is 1.79 bits per heavy atom. The van der Waals surface area contributed by atoms with Gasteiger partial charge in [-0.25, -0.2) is 9.48 Å². The number of aryl methyl sites for hydroxylation is 2. The molecule has 1 N–H and O–H groups in total. The minimum atomic E-state index is -1.10. The zero-order valence-electron chi connectivity index (χ0n) is 17.0. The first-order valence-corrected chi connectivity index (χ1v) is 9.13. The van der Waals surface area contributed by atoms with Crippen molar-refractivity contribution in [1.29, 1.82) is 0 Å². The fourth-order valence-corrected chi connectivity index (χ4v) is 3.05. The number of furan rings is 1. The molecule has 1 amide bonds. The van der Waals surface area contributed by atoms with E-state index in [-0.39, 0.29) is 16.8 Å². The number of para-hydroxylation sites is 1. The van der Waals surface area contributed by atoms with Gasteiger partial charge in [0.05, 0.1) is 11.4 Å². The van der Waals surface area contributed by atoms with Crippen LogP contribution in [0, 0.1) is 20.8 Å². The SMILES string of the molecule is Cc1cc(C(=O)OC(C)C(=O)Nc2c(C)n(C)n(-c3ccccc3)c2=O)c(C)o1. The van der Waals surface area contributed by atoms with E-state index < -0.39 is 18.0 Å². The number of benzene rings is 1. The first-order chi connectivity index (χ1) is 13.7. The molecule has 0 saturated carbocycles. The average Bonchev–Trinajstić information content (AvgIpc) is 3.13. The van der Waals surface area contributed by atoms with Crippen molar-refractivity contribution in [2.24, 2.45) is 7.05 Å². The van der Waals surface area contributed by atoms with E-state index >= 15 is 0 Å². The van der Waals surface area contributed by atoms with Crippen molar-refractivity contribution in [1.82, 2.24) is 9.36 Å². The molecule has 8 heteroatoms. The summed E-state index contributed by atoms with van der Waals surface area (Å²) in [6.07, 6.45) is -1.10. The van der Waals surface area contributed by atoms with Crippen molar-refractivity contribution in [3.8, 4) is 5.69 Å². The normalized spacial score (nSPS) is 11.9. The molecule has 1 aromatic carbocycles. The monoisotopic (exact) mass is 397 g/mol. The molecule has 0 saturated heterocycles. The van der Waals surface area contributed by atoms with Crippen molar-refractivity contribution < 1.29 is 18.7 Å². The van der Waals surface area contributed by atoms with Crippen molar-refractivity contribution in [2.75, 3.05) is 5.32 Å². The molecule has 0 aliphatic carbocycles. The molecule has 152 valence electrons. The van der Waals surface area contributed by atoms with E-state index in [4.69, 9.17) is 9.15 Å². The van der Waals surface area contributed by atoms with Crippen LogP contribution in [0.1, 0.15) is 34.5 Å². The van der Waals surface area contributed by atoms with E-state index in [2.05, 4.69) is 5.32 Å². The smallest absolute Gasteiger partial charge is 0.342 e. The lowest BCUT2D eigenvalue weighted by molar-refractivity contribution is -0.123. The number of carbonyl (C=O) groups is 2. The summed E-state index contributed by atoms with van der Waals surface area (Å²) in [6.45, 7) is 6.54. The highest BCUT2D eigenvalue weighted by Gasteiger charge is 2.25. The molecule has 1 unspecified atom stereocenters. The molecule has 0 aliphatic rings. The van der Waals surface area contributed by atoms with Crippen LogP contribution >= 0.6 is 0 Å². The number of rotatable bonds is 5. The van der Waals surface area contributed by atoms with E-state index in [1.54, 1.807) is 50.7 Å². The average molecular weight is 397 g/mol. The van der Waals surface area contributed by atoms with Gasteiger partial charge >= 0.3 is 5.97 Å². The Kier molecular flexibility index (Phi) is 5.45. The van der Waals surface area contributed by atoms with E-state index in [0.29, 0.717) is 22.9 Å². The fraction of sp³-hybridized carbons (Fsp3) is 0.286. The summed E-state index contributed by atoms with van der Waals surface area (Å²) < 4.78 is 13.7. The lowest BCUT2D eigenvalue weighted by Crippen LogP contribution is -2.32. The molecule has 2 aromatic heterocycles. The molecule has 3 aromatic rings. The van der Waals surface area contributed by atoms with Crippen LogP contribution in [0.4, 0.5) is 5.69 Å². The highest BCUT2D eigenvalue weighted by Crippen LogP contribution is 2.17. The van der Waals surface area contributed by atoms with Crippen LogP contribution < -0.4 is 10.9 Å². The standard InChI is InChI=1S/C21H23N3O5/c1-12-11-17(14(3)28-12)21(27)29-15(4)19(25)22-18-13(2)23(5)24(20(18)26)16-9-7-6-8-10-16/h6-11,15H,1-5H3,(H,22,25). The highest BCUT2D eigenvalue weighted by molar-refractivity contribution is 5.97. The van der Waals surface area contributed by atoms with E-state index in [1.165, 1.54) is 11.6 Å². The van der Waals surface area contributed by atoms with Gasteiger partial charge in [0.2, 0.25) is 0 Å². The number of esters is 1. The maximum Gasteiger partial charge on any atom is 0.342 e. The van der Waals surface area contributed by atoms with Crippen LogP contribution in [-0.4, -0.2) is 27.3 Å². The minimum absolute atomic E-state index is 0.139. The van der Waals surface area contributed by atoms with Crippen molar-refractivity contribution in [2.45, 2.75) is 33.8 Å². The van der Waals surface area contributed by atoms with Crippen LogP contribution in [0.15, 0.2) is 45.6 Å². The van der Waals surface area contributed by atoms with Crippen LogP contribution in [0.5, 0.6) is 0 Å². The molecule has 29 heavy (non-hydrogen) atoms. The molecular weight excluding hydrogens is 374 g/mol. The summed E-state index contributed by atoms with van der Waals surface area (Å²) in [5.41, 5.74) is 1.29. The van der Waals surface area contributed by atoms with Gasteiger partial charge in [-0.3, -0.25) is 14.3 Å². The summed E-state index contributed by atoms with van der Waals surface area (Å²) in [5, 5.41) is 2.59. The van der Waals surface area contributed by atoms with E-state index in [0.717, 1.165) is 0 Å². The maximum absolute atomic E-state index is 12.9. The zero-order chi connectivity index (χ0) is 21.3. The number of anilines is 1. The van der Waals surface area contributed by atoms with Gasteiger partial charge in [0.25, 0.3) is 11.5 Å². The molecule has 8 nitrogen and oxygen atoms in total. The van der Waals surface area contributed by atoms with Gasteiger partial charge in [-0.1, -0.05) is 18.2 Å². The van der Waals surface area contributed by atoms with Gasteiger partial charge in [-0.2, -0.15) is 0 Å². The van der Waals surface area contributed by atoms with Gasteiger partial charge < -0.3 is 14.5 Å². The summed E-state index contributed by atoms with van der Waals surface area (Å²) in [7, 11) is 1.73. The predicted octanol–water partition coefficient (Wildman–Crippen LogP) is 2.88. The van der Waals surface area contributed by atoms with Crippen molar-refractivity contribution in [3.05, 3.63) is 69.5 Å². The number of nitrogens with one attached hydrogen (secondary N) is 1. The Balaban J connectivity index is 1.79. The first-order valence-electron chi connectivity index (χ1n) is 9.13. The van der Waals surface area contributed by atoms with Gasteiger partial charge in [0.15, 0.2) is 6.10 Å².